The minimum Gasteiger partial charge on any atom is -0.481 e. The number of rotatable bonds is 9. The van der Waals surface area contributed by atoms with Gasteiger partial charge in [-0.3, -0.25) is 14.4 Å². The van der Waals surface area contributed by atoms with Gasteiger partial charge in [-0.1, -0.05) is 30.3 Å². The molecule has 1 aromatic carbocycles. The van der Waals surface area contributed by atoms with E-state index in [2.05, 4.69) is 15.4 Å². The molecule has 136 valence electrons. The maximum atomic E-state index is 12.3. The van der Waals surface area contributed by atoms with E-state index in [1.807, 2.05) is 0 Å². The molecule has 25 heavy (non-hydrogen) atoms. The minimum absolute atomic E-state index is 0.157. The molecule has 5 N–H and O–H groups in total. The first-order valence-electron chi connectivity index (χ1n) is 7.50. The number of carboxylic acids is 1. The molecule has 0 saturated heterocycles. The van der Waals surface area contributed by atoms with Crippen molar-refractivity contribution in [2.75, 3.05) is 13.7 Å². The molecule has 0 spiro atoms. The fraction of sp³-hybridized carbons (Fsp3) is 0.375. The molecule has 0 unspecified atom stereocenters. The lowest BCUT2D eigenvalue weighted by Gasteiger charge is -2.21. The number of esters is 1. The van der Waals surface area contributed by atoms with E-state index >= 15 is 0 Å². The minimum atomic E-state index is -1.35. The molecule has 0 fully saturated rings. The van der Waals surface area contributed by atoms with Crippen LogP contribution >= 0.6 is 0 Å². The molecule has 2 amide bonds. The van der Waals surface area contributed by atoms with Crippen LogP contribution in [0.25, 0.3) is 0 Å². The van der Waals surface area contributed by atoms with Crippen molar-refractivity contribution in [3.8, 4) is 0 Å². The quantitative estimate of drug-likeness (QED) is 0.409. The van der Waals surface area contributed by atoms with Crippen LogP contribution in [0.2, 0.25) is 0 Å². The number of nitrogens with one attached hydrogen (secondary N) is 2. The van der Waals surface area contributed by atoms with Gasteiger partial charge in [0.05, 0.1) is 20.1 Å². The molecule has 0 heterocycles. The van der Waals surface area contributed by atoms with Gasteiger partial charge in [-0.2, -0.15) is 0 Å². The Kier molecular flexibility index (Phi) is 8.07. The number of hydrogen-bond donors (Lipinski definition) is 4. The third-order valence-corrected chi connectivity index (χ3v) is 3.30. The number of nitrogens with two attached hydrogens (primary N) is 1. The second-order valence-corrected chi connectivity index (χ2v) is 5.20. The van der Waals surface area contributed by atoms with E-state index in [9.17, 15) is 19.2 Å². The molecule has 0 radical (unpaired) electrons. The van der Waals surface area contributed by atoms with Crippen LogP contribution in [0.5, 0.6) is 0 Å². The first-order chi connectivity index (χ1) is 11.9. The van der Waals surface area contributed by atoms with E-state index < -0.39 is 48.8 Å². The first kappa shape index (κ1) is 20.1. The molecule has 1 aromatic rings. The third-order valence-electron chi connectivity index (χ3n) is 3.30. The standard InChI is InChI=1S/C16H21N3O6/c1-25-16(24)12(7-10-5-3-2-4-6-10)19-15(23)11(8-14(21)22)18-13(20)9-17/h2-6,11-12H,7-9,17H2,1H3,(H,18,20)(H,19,23)(H,21,22)/t11-,12+/m1/s1. The molecule has 0 aromatic heterocycles. The summed E-state index contributed by atoms with van der Waals surface area (Å²) in [6, 6.07) is 6.53. The highest BCUT2D eigenvalue weighted by molar-refractivity contribution is 5.93. The number of amides is 2. The van der Waals surface area contributed by atoms with Crippen molar-refractivity contribution >= 4 is 23.8 Å². The smallest absolute Gasteiger partial charge is 0.328 e. The molecule has 0 aliphatic heterocycles. The van der Waals surface area contributed by atoms with Crippen LogP contribution in [-0.4, -0.2) is 54.6 Å². The summed E-state index contributed by atoms with van der Waals surface area (Å²) in [6.45, 7) is -0.395. The second-order valence-electron chi connectivity index (χ2n) is 5.20. The topological polar surface area (TPSA) is 148 Å². The van der Waals surface area contributed by atoms with Crippen molar-refractivity contribution in [3.05, 3.63) is 35.9 Å². The molecule has 9 nitrogen and oxygen atoms in total. The monoisotopic (exact) mass is 351 g/mol. The lowest BCUT2D eigenvalue weighted by molar-refractivity contribution is -0.145. The molecule has 2 atom stereocenters. The largest absolute Gasteiger partial charge is 0.481 e. The number of ether oxygens (including phenoxy) is 1. The molecular weight excluding hydrogens is 330 g/mol. The van der Waals surface area contributed by atoms with E-state index in [0.717, 1.165) is 5.56 Å². The highest BCUT2D eigenvalue weighted by Gasteiger charge is 2.28. The molecule has 9 heteroatoms. The second kappa shape index (κ2) is 10.0. The van der Waals surface area contributed by atoms with E-state index in [1.165, 1.54) is 7.11 Å². The normalized spacial score (nSPS) is 12.6. The zero-order chi connectivity index (χ0) is 18.8. The Balaban J connectivity index is 2.87. The Bertz CT molecular complexity index is 620. The summed E-state index contributed by atoms with van der Waals surface area (Å²) in [5, 5.41) is 13.5. The van der Waals surface area contributed by atoms with Crippen molar-refractivity contribution in [1.82, 2.24) is 10.6 Å². The summed E-state index contributed by atoms with van der Waals surface area (Å²) in [4.78, 5) is 46.5. The summed E-state index contributed by atoms with van der Waals surface area (Å²) in [7, 11) is 1.18. The van der Waals surface area contributed by atoms with E-state index in [-0.39, 0.29) is 6.42 Å². The Labute approximate surface area is 144 Å². The molecular formula is C16H21N3O6. The predicted molar refractivity (Wildman–Crippen MR) is 87.3 cm³/mol. The third kappa shape index (κ3) is 7.00. The van der Waals surface area contributed by atoms with Crippen LogP contribution in [0.1, 0.15) is 12.0 Å². The molecule has 1 rings (SSSR count). The number of methoxy groups -OCH3 is 1. The van der Waals surface area contributed by atoms with E-state index in [4.69, 9.17) is 10.8 Å². The molecule has 0 saturated carbocycles. The van der Waals surface area contributed by atoms with Gasteiger partial charge in [-0.25, -0.2) is 4.79 Å². The van der Waals surface area contributed by atoms with Crippen LogP contribution in [0.3, 0.4) is 0 Å². The van der Waals surface area contributed by atoms with Gasteiger partial charge in [0.15, 0.2) is 0 Å². The summed E-state index contributed by atoms with van der Waals surface area (Å²) in [6.07, 6.45) is -0.485. The molecule has 0 aliphatic rings. The lowest BCUT2D eigenvalue weighted by atomic mass is 10.1. The maximum Gasteiger partial charge on any atom is 0.328 e. The van der Waals surface area contributed by atoms with Crippen molar-refractivity contribution in [3.63, 3.8) is 0 Å². The predicted octanol–water partition coefficient (Wildman–Crippen LogP) is -1.19. The number of carbonyl (C=O) groups excluding carboxylic acids is 3. The van der Waals surface area contributed by atoms with Gasteiger partial charge in [0.1, 0.15) is 12.1 Å². The zero-order valence-corrected chi connectivity index (χ0v) is 13.7. The number of aliphatic carboxylic acids is 1. The van der Waals surface area contributed by atoms with Crippen LogP contribution in [0.4, 0.5) is 0 Å². The Hall–Kier alpha value is -2.94. The van der Waals surface area contributed by atoms with Crippen LogP contribution in [0.15, 0.2) is 30.3 Å². The van der Waals surface area contributed by atoms with Crippen LogP contribution in [-0.2, 0) is 30.3 Å². The number of hydrogen-bond acceptors (Lipinski definition) is 6. The summed E-state index contributed by atoms with van der Waals surface area (Å²) < 4.78 is 4.67. The first-order valence-corrected chi connectivity index (χ1v) is 7.50. The average Bonchev–Trinajstić information content (AvgIpc) is 2.60. The van der Waals surface area contributed by atoms with Crippen molar-refractivity contribution < 1.29 is 29.0 Å². The summed E-state index contributed by atoms with van der Waals surface area (Å²) in [5.74, 6) is -3.46. The fourth-order valence-electron chi connectivity index (χ4n) is 2.09. The SMILES string of the molecule is COC(=O)[C@H](Cc1ccccc1)NC(=O)[C@@H](CC(=O)O)NC(=O)CN. The number of carbonyl (C=O) groups is 4. The Morgan fingerprint density at radius 1 is 1.12 bits per heavy atom. The van der Waals surface area contributed by atoms with Gasteiger partial charge in [-0.15, -0.1) is 0 Å². The van der Waals surface area contributed by atoms with Gasteiger partial charge < -0.3 is 26.2 Å². The van der Waals surface area contributed by atoms with Gasteiger partial charge >= 0.3 is 11.9 Å². The van der Waals surface area contributed by atoms with E-state index in [0.29, 0.717) is 0 Å². The Morgan fingerprint density at radius 2 is 1.76 bits per heavy atom. The van der Waals surface area contributed by atoms with Crippen molar-refractivity contribution in [2.24, 2.45) is 5.73 Å². The van der Waals surface area contributed by atoms with E-state index in [1.54, 1.807) is 30.3 Å². The lowest BCUT2D eigenvalue weighted by Crippen LogP contribution is -2.53. The highest BCUT2D eigenvalue weighted by Crippen LogP contribution is 2.05. The van der Waals surface area contributed by atoms with Gasteiger partial charge in [-0.05, 0) is 5.56 Å². The molecule has 0 bridgehead atoms. The average molecular weight is 351 g/mol. The zero-order valence-electron chi connectivity index (χ0n) is 13.7. The van der Waals surface area contributed by atoms with Crippen molar-refractivity contribution in [1.29, 1.82) is 0 Å². The maximum absolute atomic E-state index is 12.3. The highest BCUT2D eigenvalue weighted by atomic mass is 16.5. The van der Waals surface area contributed by atoms with Crippen molar-refractivity contribution in [2.45, 2.75) is 24.9 Å². The summed E-state index contributed by atoms with van der Waals surface area (Å²) in [5.41, 5.74) is 5.94. The van der Waals surface area contributed by atoms with Crippen LogP contribution < -0.4 is 16.4 Å². The van der Waals surface area contributed by atoms with Crippen LogP contribution in [0, 0.1) is 0 Å². The Morgan fingerprint density at radius 3 is 2.28 bits per heavy atom. The fourth-order valence-corrected chi connectivity index (χ4v) is 2.09. The van der Waals surface area contributed by atoms with Gasteiger partial charge in [0.2, 0.25) is 11.8 Å². The van der Waals surface area contributed by atoms with Gasteiger partial charge in [0.25, 0.3) is 0 Å². The molecule has 0 aliphatic carbocycles. The van der Waals surface area contributed by atoms with Gasteiger partial charge in [0, 0.05) is 6.42 Å². The number of benzene rings is 1. The summed E-state index contributed by atoms with van der Waals surface area (Å²) >= 11 is 0. The number of carboxylic acid groups (broad SMARTS) is 1.